The van der Waals surface area contributed by atoms with Crippen LogP contribution in [0.3, 0.4) is 0 Å². The molecule has 154 valence electrons. The summed E-state index contributed by atoms with van der Waals surface area (Å²) in [6, 6.07) is 8.61. The van der Waals surface area contributed by atoms with E-state index in [1.54, 1.807) is 6.92 Å². The topological polar surface area (TPSA) is 122 Å². The Morgan fingerprint density at radius 1 is 1.14 bits per heavy atom. The summed E-state index contributed by atoms with van der Waals surface area (Å²) in [6.07, 6.45) is 1.48. The molecule has 28 heavy (non-hydrogen) atoms. The minimum absolute atomic E-state index is 0.105. The number of nitrogens with one attached hydrogen (secondary N) is 2. The Kier molecular flexibility index (Phi) is 10.5. The second kappa shape index (κ2) is 12.6. The second-order valence-electron chi connectivity index (χ2n) is 6.61. The molecular formula is C20H28N2O6. The van der Waals surface area contributed by atoms with E-state index >= 15 is 0 Å². The third-order valence-corrected chi connectivity index (χ3v) is 3.98. The lowest BCUT2D eigenvalue weighted by Crippen LogP contribution is -2.47. The van der Waals surface area contributed by atoms with E-state index in [9.17, 15) is 19.2 Å². The first kappa shape index (κ1) is 23.3. The van der Waals surface area contributed by atoms with Gasteiger partial charge in [0.25, 0.3) is 0 Å². The molecule has 0 fully saturated rings. The van der Waals surface area contributed by atoms with Gasteiger partial charge in [-0.1, -0.05) is 30.3 Å². The zero-order valence-corrected chi connectivity index (χ0v) is 16.3. The summed E-state index contributed by atoms with van der Waals surface area (Å²) in [5.74, 6) is -2.39. The Hall–Kier alpha value is -2.74. The summed E-state index contributed by atoms with van der Waals surface area (Å²) in [5.41, 5.74) is 1.17. The third kappa shape index (κ3) is 10.4. The molecule has 0 saturated carbocycles. The molecule has 0 radical (unpaired) electrons. The zero-order chi connectivity index (χ0) is 20.9. The maximum Gasteiger partial charge on any atom is 0.305 e. The van der Waals surface area contributed by atoms with Crippen LogP contribution in [-0.2, 0) is 30.3 Å². The number of aryl methyl sites for hydroxylation is 1. The van der Waals surface area contributed by atoms with Gasteiger partial charge in [-0.2, -0.15) is 0 Å². The quantitative estimate of drug-likeness (QED) is 0.429. The van der Waals surface area contributed by atoms with E-state index in [0.29, 0.717) is 6.42 Å². The number of aliphatic carboxylic acids is 1. The number of benzene rings is 1. The van der Waals surface area contributed by atoms with E-state index in [-0.39, 0.29) is 18.5 Å². The van der Waals surface area contributed by atoms with Crippen LogP contribution in [0, 0.1) is 0 Å². The SMILES string of the molecule is CC(=O)OCC(=O)C(CC(=O)O)NCC(C)NC(=O)CCCc1ccccc1. The van der Waals surface area contributed by atoms with Crippen molar-refractivity contribution in [3.05, 3.63) is 35.9 Å². The molecule has 0 aliphatic carbocycles. The third-order valence-electron chi connectivity index (χ3n) is 3.98. The standard InChI is InChI=1S/C20H28N2O6/c1-14(22-19(25)10-6-9-16-7-4-3-5-8-16)12-21-17(11-20(26)27)18(24)13-28-15(2)23/h3-5,7-8,14,17,21H,6,9-13H2,1-2H3,(H,22,25)(H,26,27). The number of carboxylic acids is 1. The molecule has 0 aliphatic rings. The van der Waals surface area contributed by atoms with Gasteiger partial charge in [-0.25, -0.2) is 0 Å². The summed E-state index contributed by atoms with van der Waals surface area (Å²) in [6.45, 7) is 2.66. The van der Waals surface area contributed by atoms with Crippen LogP contribution in [0.15, 0.2) is 30.3 Å². The van der Waals surface area contributed by atoms with E-state index in [4.69, 9.17) is 5.11 Å². The Morgan fingerprint density at radius 3 is 2.43 bits per heavy atom. The first-order valence-electron chi connectivity index (χ1n) is 9.22. The average Bonchev–Trinajstić information content (AvgIpc) is 2.63. The molecule has 8 heteroatoms. The van der Waals surface area contributed by atoms with Crippen molar-refractivity contribution >= 4 is 23.6 Å². The molecule has 1 amide bonds. The van der Waals surface area contributed by atoms with Crippen molar-refractivity contribution in [3.8, 4) is 0 Å². The molecule has 0 aromatic heterocycles. The van der Waals surface area contributed by atoms with Crippen molar-refractivity contribution in [2.45, 2.75) is 51.6 Å². The number of esters is 1. The first-order valence-corrected chi connectivity index (χ1v) is 9.22. The average molecular weight is 392 g/mol. The largest absolute Gasteiger partial charge is 0.481 e. The number of rotatable bonds is 13. The number of carbonyl (C=O) groups excluding carboxylic acids is 3. The van der Waals surface area contributed by atoms with E-state index in [1.807, 2.05) is 30.3 Å². The molecule has 0 aliphatic heterocycles. The fraction of sp³-hybridized carbons (Fsp3) is 0.500. The van der Waals surface area contributed by atoms with E-state index < -0.39 is 36.8 Å². The Balaban J connectivity index is 2.36. The molecule has 1 aromatic carbocycles. The molecule has 8 nitrogen and oxygen atoms in total. The van der Waals surface area contributed by atoms with Gasteiger partial charge in [0.05, 0.1) is 12.5 Å². The van der Waals surface area contributed by atoms with Crippen molar-refractivity contribution in [2.75, 3.05) is 13.2 Å². The van der Waals surface area contributed by atoms with Gasteiger partial charge < -0.3 is 20.5 Å². The van der Waals surface area contributed by atoms with Crippen LogP contribution in [0.2, 0.25) is 0 Å². The van der Waals surface area contributed by atoms with Gasteiger partial charge in [-0.05, 0) is 25.3 Å². The van der Waals surface area contributed by atoms with Crippen LogP contribution < -0.4 is 10.6 Å². The molecule has 2 atom stereocenters. The first-order chi connectivity index (χ1) is 13.3. The summed E-state index contributed by atoms with van der Waals surface area (Å²) >= 11 is 0. The van der Waals surface area contributed by atoms with Crippen LogP contribution in [0.25, 0.3) is 0 Å². The van der Waals surface area contributed by atoms with Gasteiger partial charge in [0.1, 0.15) is 0 Å². The highest BCUT2D eigenvalue weighted by molar-refractivity contribution is 5.89. The van der Waals surface area contributed by atoms with Gasteiger partial charge in [-0.3, -0.25) is 19.2 Å². The molecule has 3 N–H and O–H groups in total. The fourth-order valence-electron chi connectivity index (χ4n) is 2.56. The lowest BCUT2D eigenvalue weighted by atomic mass is 10.1. The van der Waals surface area contributed by atoms with Crippen LogP contribution >= 0.6 is 0 Å². The monoisotopic (exact) mass is 392 g/mol. The van der Waals surface area contributed by atoms with Crippen LogP contribution in [0.5, 0.6) is 0 Å². The minimum atomic E-state index is -1.15. The van der Waals surface area contributed by atoms with Crippen molar-refractivity contribution in [1.29, 1.82) is 0 Å². The minimum Gasteiger partial charge on any atom is -0.481 e. The van der Waals surface area contributed by atoms with Gasteiger partial charge in [0.15, 0.2) is 12.4 Å². The highest BCUT2D eigenvalue weighted by atomic mass is 16.5. The molecule has 0 heterocycles. The highest BCUT2D eigenvalue weighted by Gasteiger charge is 2.23. The van der Waals surface area contributed by atoms with Crippen molar-refractivity contribution < 1.29 is 29.0 Å². The predicted octanol–water partition coefficient (Wildman–Crippen LogP) is 1.08. The normalized spacial score (nSPS) is 12.6. The smallest absolute Gasteiger partial charge is 0.305 e. The molecular weight excluding hydrogens is 364 g/mol. The lowest BCUT2D eigenvalue weighted by molar-refractivity contribution is -0.147. The van der Waals surface area contributed by atoms with E-state index in [0.717, 1.165) is 12.8 Å². The molecule has 2 unspecified atom stereocenters. The molecule has 1 aromatic rings. The Morgan fingerprint density at radius 2 is 1.82 bits per heavy atom. The van der Waals surface area contributed by atoms with Crippen molar-refractivity contribution in [1.82, 2.24) is 10.6 Å². The fourth-order valence-corrected chi connectivity index (χ4v) is 2.56. The van der Waals surface area contributed by atoms with Crippen LogP contribution in [-0.4, -0.2) is 54.0 Å². The van der Waals surface area contributed by atoms with Crippen LogP contribution in [0.1, 0.15) is 38.7 Å². The maximum atomic E-state index is 12.0. The van der Waals surface area contributed by atoms with Crippen molar-refractivity contribution in [2.24, 2.45) is 0 Å². The van der Waals surface area contributed by atoms with Crippen molar-refractivity contribution in [3.63, 3.8) is 0 Å². The van der Waals surface area contributed by atoms with Gasteiger partial charge in [-0.15, -0.1) is 0 Å². The number of Topliss-reactive ketones (excluding diaryl/α,β-unsaturated/α-hetero) is 1. The number of amides is 1. The van der Waals surface area contributed by atoms with Gasteiger partial charge in [0, 0.05) is 25.9 Å². The zero-order valence-electron chi connectivity index (χ0n) is 16.3. The summed E-state index contributed by atoms with van der Waals surface area (Å²) < 4.78 is 4.63. The Bertz CT molecular complexity index is 662. The van der Waals surface area contributed by atoms with Gasteiger partial charge in [0.2, 0.25) is 5.91 Å². The highest BCUT2D eigenvalue weighted by Crippen LogP contribution is 2.04. The number of carbonyl (C=O) groups is 4. The number of hydrogen-bond acceptors (Lipinski definition) is 6. The maximum absolute atomic E-state index is 12.0. The molecule has 0 saturated heterocycles. The summed E-state index contributed by atoms with van der Waals surface area (Å²) in [5, 5.41) is 14.6. The second-order valence-corrected chi connectivity index (χ2v) is 6.61. The number of ketones is 1. The van der Waals surface area contributed by atoms with E-state index in [2.05, 4.69) is 15.4 Å². The number of ether oxygens (including phenoxy) is 1. The Labute approximate surface area is 164 Å². The van der Waals surface area contributed by atoms with E-state index in [1.165, 1.54) is 12.5 Å². The molecule has 0 spiro atoms. The predicted molar refractivity (Wildman–Crippen MR) is 103 cm³/mol. The van der Waals surface area contributed by atoms with Gasteiger partial charge >= 0.3 is 11.9 Å². The number of hydrogen-bond donors (Lipinski definition) is 3. The molecule has 1 rings (SSSR count). The molecule has 0 bridgehead atoms. The lowest BCUT2D eigenvalue weighted by Gasteiger charge is -2.20. The number of carboxylic acid groups (broad SMARTS) is 1. The summed E-state index contributed by atoms with van der Waals surface area (Å²) in [4.78, 5) is 45.8. The summed E-state index contributed by atoms with van der Waals surface area (Å²) in [7, 11) is 0. The van der Waals surface area contributed by atoms with Crippen LogP contribution in [0.4, 0.5) is 0 Å².